The topological polar surface area (TPSA) is 117 Å². The van der Waals surface area contributed by atoms with Gasteiger partial charge in [0.25, 0.3) is 0 Å². The fraction of sp³-hybridized carbons (Fsp3) is 0.613. The molecule has 4 rings (SSSR count). The lowest BCUT2D eigenvalue weighted by Gasteiger charge is -2.33. The van der Waals surface area contributed by atoms with E-state index in [0.717, 1.165) is 24.2 Å². The van der Waals surface area contributed by atoms with Crippen molar-refractivity contribution < 1.29 is 32.6 Å². The Kier molecular flexibility index (Phi) is 10.7. The van der Waals surface area contributed by atoms with Gasteiger partial charge in [-0.3, -0.25) is 9.10 Å². The summed E-state index contributed by atoms with van der Waals surface area (Å²) in [4.78, 5) is 29.7. The summed E-state index contributed by atoms with van der Waals surface area (Å²) in [5.41, 5.74) is 2.17. The molecular formula is C31H45N3O7S. The van der Waals surface area contributed by atoms with Gasteiger partial charge >= 0.3 is 12.1 Å². The summed E-state index contributed by atoms with van der Waals surface area (Å²) in [6.07, 6.45) is 4.80. The first-order chi connectivity index (χ1) is 19.9. The van der Waals surface area contributed by atoms with Crippen molar-refractivity contribution in [3.63, 3.8) is 0 Å². The SMILES string of the molecule is C/C(=C\c1cccc(N2CCCS2(=O)=O)c1)[C@H]1OC(=O)C[C@H](O)CC[C@H](C)[C@H](OC(=O)N2CCN(C)CC2)/C=C/[C@@H]1C. The highest BCUT2D eigenvalue weighted by Crippen LogP contribution is 2.28. The molecule has 0 bridgehead atoms. The molecule has 10 nitrogen and oxygen atoms in total. The number of carbonyl (C=O) groups is 2. The number of esters is 1. The molecule has 0 aliphatic carbocycles. The Morgan fingerprint density at radius 3 is 2.52 bits per heavy atom. The molecule has 0 aromatic heterocycles. The van der Waals surface area contributed by atoms with Crippen LogP contribution >= 0.6 is 0 Å². The second kappa shape index (κ2) is 14.1. The van der Waals surface area contributed by atoms with Gasteiger partial charge in [0.1, 0.15) is 12.2 Å². The van der Waals surface area contributed by atoms with Gasteiger partial charge in [-0.15, -0.1) is 0 Å². The number of likely N-dealkylation sites (N-methyl/N-ethyl adjacent to an activating group) is 1. The number of ether oxygens (including phenoxy) is 2. The van der Waals surface area contributed by atoms with Gasteiger partial charge in [0.05, 0.1) is 24.0 Å². The fourth-order valence-corrected chi connectivity index (χ4v) is 7.23. The van der Waals surface area contributed by atoms with Gasteiger partial charge in [-0.25, -0.2) is 13.2 Å². The van der Waals surface area contributed by atoms with Crippen LogP contribution in [-0.4, -0.2) is 99.2 Å². The minimum Gasteiger partial charge on any atom is -0.457 e. The highest BCUT2D eigenvalue weighted by Gasteiger charge is 2.30. The van der Waals surface area contributed by atoms with Gasteiger partial charge in [0, 0.05) is 38.6 Å². The molecule has 0 saturated carbocycles. The zero-order valence-corrected chi connectivity index (χ0v) is 26.0. The van der Waals surface area contributed by atoms with E-state index in [9.17, 15) is 23.1 Å². The standard InChI is InChI=1S/C31H45N3O7S/c1-22-9-11-27(35)21-29(36)41-30(23(2)10-12-28(22)40-31(37)33-16-14-32(4)15-17-33)24(3)19-25-7-5-8-26(20-25)34-13-6-18-42(34,38)39/h5,7-8,10,12,19-20,22-23,27-28,30,35H,6,9,11,13-18,21H2,1-4H3/b12-10+,24-19+/t22-,23-,27+,28+,30-/m0/s1. The van der Waals surface area contributed by atoms with Crippen LogP contribution in [0.15, 0.2) is 42.0 Å². The summed E-state index contributed by atoms with van der Waals surface area (Å²) in [5.74, 6) is -0.663. The van der Waals surface area contributed by atoms with Crippen LogP contribution in [-0.2, 0) is 24.3 Å². The van der Waals surface area contributed by atoms with Gasteiger partial charge in [-0.05, 0) is 68.5 Å². The molecule has 3 aliphatic heterocycles. The Morgan fingerprint density at radius 1 is 1.10 bits per heavy atom. The van der Waals surface area contributed by atoms with Crippen LogP contribution in [0.3, 0.4) is 0 Å². The van der Waals surface area contributed by atoms with Crippen molar-refractivity contribution in [2.75, 3.05) is 49.8 Å². The number of carbonyl (C=O) groups excluding carboxylic acids is 2. The number of sulfonamides is 1. The van der Waals surface area contributed by atoms with E-state index in [2.05, 4.69) is 4.90 Å². The first kappa shape index (κ1) is 32.0. The molecule has 1 aromatic carbocycles. The molecule has 42 heavy (non-hydrogen) atoms. The maximum Gasteiger partial charge on any atom is 0.410 e. The predicted octanol–water partition coefficient (Wildman–Crippen LogP) is 3.67. The number of hydrogen-bond acceptors (Lipinski definition) is 8. The van der Waals surface area contributed by atoms with Crippen molar-refractivity contribution in [2.45, 2.75) is 64.8 Å². The Hall–Kier alpha value is -2.89. The molecule has 2 saturated heterocycles. The fourth-order valence-electron chi connectivity index (χ4n) is 5.67. The summed E-state index contributed by atoms with van der Waals surface area (Å²) in [6, 6.07) is 7.30. The van der Waals surface area contributed by atoms with E-state index in [-0.39, 0.29) is 30.1 Å². The van der Waals surface area contributed by atoms with Crippen molar-refractivity contribution in [3.05, 3.63) is 47.6 Å². The number of piperazine rings is 1. The second-order valence-corrected chi connectivity index (χ2v) is 13.9. The summed E-state index contributed by atoms with van der Waals surface area (Å²) >= 11 is 0. The lowest BCUT2D eigenvalue weighted by atomic mass is 9.91. The van der Waals surface area contributed by atoms with Gasteiger partial charge in [-0.2, -0.15) is 0 Å². The van der Waals surface area contributed by atoms with E-state index in [1.165, 1.54) is 4.31 Å². The molecule has 11 heteroatoms. The van der Waals surface area contributed by atoms with Gasteiger partial charge in [0.15, 0.2) is 0 Å². The third kappa shape index (κ3) is 8.35. The molecule has 0 spiro atoms. The Morgan fingerprint density at radius 2 is 1.83 bits per heavy atom. The van der Waals surface area contributed by atoms with Crippen molar-refractivity contribution in [1.29, 1.82) is 0 Å². The molecule has 0 unspecified atom stereocenters. The summed E-state index contributed by atoms with van der Waals surface area (Å²) < 4.78 is 38.2. The van der Waals surface area contributed by atoms with Gasteiger partial charge in [0.2, 0.25) is 10.0 Å². The minimum atomic E-state index is -3.31. The lowest BCUT2D eigenvalue weighted by molar-refractivity contribution is -0.151. The molecule has 1 amide bonds. The van der Waals surface area contributed by atoms with E-state index in [1.807, 2.05) is 64.2 Å². The van der Waals surface area contributed by atoms with E-state index < -0.39 is 34.3 Å². The molecule has 5 atom stereocenters. The number of rotatable bonds is 4. The number of aliphatic hydroxyl groups is 1. The van der Waals surface area contributed by atoms with Crippen LogP contribution in [0.25, 0.3) is 6.08 Å². The van der Waals surface area contributed by atoms with Gasteiger partial charge < -0.3 is 24.4 Å². The molecule has 1 N–H and O–H groups in total. The van der Waals surface area contributed by atoms with Crippen LogP contribution in [0.5, 0.6) is 0 Å². The zero-order chi connectivity index (χ0) is 30.4. The van der Waals surface area contributed by atoms with E-state index >= 15 is 0 Å². The van der Waals surface area contributed by atoms with Crippen molar-refractivity contribution in [3.8, 4) is 0 Å². The second-order valence-electron chi connectivity index (χ2n) is 11.9. The maximum absolute atomic E-state index is 13.0. The van der Waals surface area contributed by atoms with Crippen LogP contribution < -0.4 is 4.31 Å². The third-order valence-corrected chi connectivity index (χ3v) is 10.2. The predicted molar refractivity (Wildman–Crippen MR) is 162 cm³/mol. The molecule has 232 valence electrons. The lowest BCUT2D eigenvalue weighted by Crippen LogP contribution is -2.48. The normalized spacial score (nSPS) is 30.6. The van der Waals surface area contributed by atoms with Crippen LogP contribution in [0, 0.1) is 11.8 Å². The first-order valence-electron chi connectivity index (χ1n) is 14.9. The molecule has 0 radical (unpaired) electrons. The van der Waals surface area contributed by atoms with Crippen LogP contribution in [0.4, 0.5) is 10.5 Å². The Bertz CT molecular complexity index is 1270. The third-order valence-electron chi connectivity index (χ3n) is 8.36. The number of nitrogens with zero attached hydrogens (tertiary/aromatic N) is 3. The van der Waals surface area contributed by atoms with E-state index in [0.29, 0.717) is 44.6 Å². The zero-order valence-electron chi connectivity index (χ0n) is 25.1. The maximum atomic E-state index is 13.0. The Balaban J connectivity index is 1.56. The first-order valence-corrected chi connectivity index (χ1v) is 16.5. The molecule has 1 aromatic rings. The highest BCUT2D eigenvalue weighted by molar-refractivity contribution is 7.93. The van der Waals surface area contributed by atoms with Crippen molar-refractivity contribution in [1.82, 2.24) is 9.80 Å². The van der Waals surface area contributed by atoms with Crippen LogP contribution in [0.2, 0.25) is 0 Å². The van der Waals surface area contributed by atoms with Gasteiger partial charge in [-0.1, -0.05) is 38.1 Å². The van der Waals surface area contributed by atoms with Crippen molar-refractivity contribution >= 4 is 33.8 Å². The number of cyclic esters (lactones) is 1. The Labute approximate surface area is 250 Å². The molecule has 2 fully saturated rings. The number of anilines is 1. The summed E-state index contributed by atoms with van der Waals surface area (Å²) in [6.45, 7) is 9.07. The highest BCUT2D eigenvalue weighted by atomic mass is 32.2. The number of aliphatic hydroxyl groups excluding tert-OH is 1. The quantitative estimate of drug-likeness (QED) is 0.410. The number of hydrogen-bond donors (Lipinski definition) is 1. The minimum absolute atomic E-state index is 0.0605. The molecule has 3 aliphatic rings. The monoisotopic (exact) mass is 603 g/mol. The smallest absolute Gasteiger partial charge is 0.410 e. The summed E-state index contributed by atoms with van der Waals surface area (Å²) in [7, 11) is -1.28. The summed E-state index contributed by atoms with van der Waals surface area (Å²) in [5, 5.41) is 10.6. The van der Waals surface area contributed by atoms with E-state index in [4.69, 9.17) is 9.47 Å². The van der Waals surface area contributed by atoms with Crippen molar-refractivity contribution in [2.24, 2.45) is 11.8 Å². The number of benzene rings is 1. The molecular weight excluding hydrogens is 558 g/mol. The average molecular weight is 604 g/mol. The molecule has 3 heterocycles. The van der Waals surface area contributed by atoms with Crippen LogP contribution in [0.1, 0.15) is 52.0 Å². The average Bonchev–Trinajstić information content (AvgIpc) is 3.31. The van der Waals surface area contributed by atoms with E-state index in [1.54, 1.807) is 11.0 Å². The number of amides is 1. The largest absolute Gasteiger partial charge is 0.457 e.